The van der Waals surface area contributed by atoms with Crippen LogP contribution in [0.5, 0.6) is 0 Å². The first-order valence-corrected chi connectivity index (χ1v) is 4.94. The van der Waals surface area contributed by atoms with Crippen molar-refractivity contribution >= 4 is 5.97 Å². The summed E-state index contributed by atoms with van der Waals surface area (Å²) in [6.45, 7) is -0.0461. The molecular formula is C12H15NO3. The van der Waals surface area contributed by atoms with Crippen LogP contribution in [-0.4, -0.2) is 24.8 Å². The summed E-state index contributed by atoms with van der Waals surface area (Å²) in [6, 6.07) is 9.28. The van der Waals surface area contributed by atoms with E-state index in [2.05, 4.69) is 10.1 Å². The van der Waals surface area contributed by atoms with Crippen LogP contribution in [0, 0.1) is 0 Å². The summed E-state index contributed by atoms with van der Waals surface area (Å²) >= 11 is 0. The molecule has 0 aliphatic heterocycles. The van der Waals surface area contributed by atoms with Crippen LogP contribution in [0.25, 0.3) is 0 Å². The van der Waals surface area contributed by atoms with E-state index in [1.807, 2.05) is 30.3 Å². The van der Waals surface area contributed by atoms with E-state index in [1.165, 1.54) is 19.4 Å². The van der Waals surface area contributed by atoms with Gasteiger partial charge in [0.05, 0.1) is 19.8 Å². The molecule has 0 heterocycles. The fourth-order valence-electron chi connectivity index (χ4n) is 1.24. The number of carbonyl (C=O) groups is 1. The summed E-state index contributed by atoms with van der Waals surface area (Å²) in [5.41, 5.74) is 0.958. The number of nitrogens with one attached hydrogen (secondary N) is 1. The molecule has 86 valence electrons. The zero-order valence-corrected chi connectivity index (χ0v) is 9.09. The molecule has 1 atom stereocenters. The zero-order valence-electron chi connectivity index (χ0n) is 9.09. The largest absolute Gasteiger partial charge is 0.466 e. The third kappa shape index (κ3) is 3.74. The monoisotopic (exact) mass is 221 g/mol. The van der Waals surface area contributed by atoms with Crippen molar-refractivity contribution < 1.29 is 14.6 Å². The number of benzene rings is 1. The van der Waals surface area contributed by atoms with Gasteiger partial charge in [-0.25, -0.2) is 4.79 Å². The van der Waals surface area contributed by atoms with Gasteiger partial charge in [-0.05, 0) is 5.56 Å². The first kappa shape index (κ1) is 12.3. The molecule has 0 radical (unpaired) electrons. The van der Waals surface area contributed by atoms with Gasteiger partial charge in [0.25, 0.3) is 0 Å². The molecule has 0 aliphatic rings. The predicted molar refractivity (Wildman–Crippen MR) is 60.6 cm³/mol. The highest BCUT2D eigenvalue weighted by atomic mass is 16.5. The molecule has 4 nitrogen and oxygen atoms in total. The van der Waals surface area contributed by atoms with Crippen LogP contribution in [0.2, 0.25) is 0 Å². The van der Waals surface area contributed by atoms with Crippen LogP contribution < -0.4 is 5.32 Å². The Morgan fingerprint density at radius 3 is 2.75 bits per heavy atom. The van der Waals surface area contributed by atoms with E-state index in [0.717, 1.165) is 5.56 Å². The lowest BCUT2D eigenvalue weighted by Gasteiger charge is -2.14. The smallest absolute Gasteiger partial charge is 0.331 e. The van der Waals surface area contributed by atoms with Crippen molar-refractivity contribution in [1.82, 2.24) is 5.32 Å². The molecule has 1 aromatic carbocycles. The highest BCUT2D eigenvalue weighted by Crippen LogP contribution is 2.10. The first-order valence-electron chi connectivity index (χ1n) is 4.94. The van der Waals surface area contributed by atoms with Gasteiger partial charge in [-0.2, -0.15) is 0 Å². The van der Waals surface area contributed by atoms with E-state index < -0.39 is 5.97 Å². The van der Waals surface area contributed by atoms with E-state index in [9.17, 15) is 9.90 Å². The summed E-state index contributed by atoms with van der Waals surface area (Å²) in [5, 5.41) is 12.1. The zero-order chi connectivity index (χ0) is 11.8. The lowest BCUT2D eigenvalue weighted by molar-refractivity contribution is -0.134. The van der Waals surface area contributed by atoms with Crippen molar-refractivity contribution in [2.75, 3.05) is 13.7 Å². The van der Waals surface area contributed by atoms with E-state index in [-0.39, 0.29) is 12.6 Å². The van der Waals surface area contributed by atoms with E-state index in [0.29, 0.717) is 0 Å². The molecule has 1 aromatic rings. The maximum Gasteiger partial charge on any atom is 0.331 e. The molecule has 2 N–H and O–H groups in total. The fraction of sp³-hybridized carbons (Fsp3) is 0.250. The Morgan fingerprint density at radius 2 is 2.19 bits per heavy atom. The maximum atomic E-state index is 10.8. The molecule has 0 saturated heterocycles. The normalized spacial score (nSPS) is 12.4. The van der Waals surface area contributed by atoms with Crippen molar-refractivity contribution in [3.05, 3.63) is 48.2 Å². The Morgan fingerprint density at radius 1 is 1.50 bits per heavy atom. The van der Waals surface area contributed by atoms with E-state index in [4.69, 9.17) is 0 Å². The lowest BCUT2D eigenvalue weighted by atomic mass is 10.1. The van der Waals surface area contributed by atoms with Crippen molar-refractivity contribution in [3.63, 3.8) is 0 Å². The number of carbonyl (C=O) groups excluding carboxylic acids is 1. The van der Waals surface area contributed by atoms with Gasteiger partial charge < -0.3 is 15.2 Å². The second-order valence-electron chi connectivity index (χ2n) is 3.17. The molecule has 0 fully saturated rings. The molecular weight excluding hydrogens is 206 g/mol. The first-order chi connectivity index (χ1) is 7.77. The lowest BCUT2D eigenvalue weighted by Crippen LogP contribution is -2.19. The number of aliphatic hydroxyl groups is 1. The topological polar surface area (TPSA) is 58.6 Å². The summed E-state index contributed by atoms with van der Waals surface area (Å²) in [5.74, 6) is -0.433. The van der Waals surface area contributed by atoms with Gasteiger partial charge in [0.15, 0.2) is 0 Å². The molecule has 0 aromatic heterocycles. The molecule has 0 bridgehead atoms. The van der Waals surface area contributed by atoms with Gasteiger partial charge in [0.1, 0.15) is 0 Å². The number of rotatable bonds is 5. The van der Waals surface area contributed by atoms with Crippen LogP contribution in [0.15, 0.2) is 42.6 Å². The Hall–Kier alpha value is -1.81. The Labute approximate surface area is 94.6 Å². The Balaban J connectivity index is 2.57. The number of esters is 1. The Kier molecular flexibility index (Phi) is 5.08. The predicted octanol–water partition coefficient (Wildman–Crippen LogP) is 0.996. The second-order valence-corrected chi connectivity index (χ2v) is 3.17. The number of aliphatic hydroxyl groups excluding tert-OH is 1. The molecule has 4 heteroatoms. The number of hydrogen-bond donors (Lipinski definition) is 2. The molecule has 0 aliphatic carbocycles. The third-order valence-corrected chi connectivity index (χ3v) is 2.10. The summed E-state index contributed by atoms with van der Waals surface area (Å²) in [7, 11) is 1.31. The van der Waals surface area contributed by atoms with Crippen LogP contribution in [0.1, 0.15) is 11.6 Å². The van der Waals surface area contributed by atoms with Gasteiger partial charge in [-0.1, -0.05) is 30.3 Å². The quantitative estimate of drug-likeness (QED) is 0.575. The SMILES string of the molecule is COC(=O)/C=C/NC(CO)c1ccccc1. The van der Waals surface area contributed by atoms with Gasteiger partial charge in [-0.15, -0.1) is 0 Å². The second kappa shape index (κ2) is 6.63. The van der Waals surface area contributed by atoms with Crippen molar-refractivity contribution in [2.45, 2.75) is 6.04 Å². The van der Waals surface area contributed by atoms with Crippen molar-refractivity contribution in [2.24, 2.45) is 0 Å². The minimum absolute atomic E-state index is 0.0461. The fourth-order valence-corrected chi connectivity index (χ4v) is 1.24. The standard InChI is InChI=1S/C12H15NO3/c1-16-12(15)7-8-13-11(9-14)10-5-3-2-4-6-10/h2-8,11,13-14H,9H2,1H3/b8-7+. The average molecular weight is 221 g/mol. The minimum Gasteiger partial charge on any atom is -0.466 e. The summed E-state index contributed by atoms with van der Waals surface area (Å²) in [4.78, 5) is 10.8. The van der Waals surface area contributed by atoms with E-state index >= 15 is 0 Å². The van der Waals surface area contributed by atoms with Gasteiger partial charge in [-0.3, -0.25) is 0 Å². The van der Waals surface area contributed by atoms with Crippen LogP contribution in [-0.2, 0) is 9.53 Å². The van der Waals surface area contributed by atoms with Gasteiger partial charge >= 0.3 is 5.97 Å². The maximum absolute atomic E-state index is 10.8. The minimum atomic E-state index is -0.433. The van der Waals surface area contributed by atoms with E-state index in [1.54, 1.807) is 0 Å². The molecule has 0 amide bonds. The van der Waals surface area contributed by atoms with Crippen molar-refractivity contribution in [3.8, 4) is 0 Å². The average Bonchev–Trinajstić information content (AvgIpc) is 2.35. The third-order valence-electron chi connectivity index (χ3n) is 2.10. The van der Waals surface area contributed by atoms with Crippen LogP contribution in [0.4, 0.5) is 0 Å². The Bertz CT molecular complexity index is 349. The van der Waals surface area contributed by atoms with Crippen LogP contribution >= 0.6 is 0 Å². The molecule has 1 rings (SSSR count). The van der Waals surface area contributed by atoms with Crippen molar-refractivity contribution in [1.29, 1.82) is 0 Å². The molecule has 0 saturated carbocycles. The molecule has 1 unspecified atom stereocenters. The van der Waals surface area contributed by atoms with Gasteiger partial charge in [0, 0.05) is 12.3 Å². The molecule has 0 spiro atoms. The summed E-state index contributed by atoms with van der Waals surface area (Å²) in [6.07, 6.45) is 2.74. The van der Waals surface area contributed by atoms with Gasteiger partial charge in [0.2, 0.25) is 0 Å². The van der Waals surface area contributed by atoms with Crippen LogP contribution in [0.3, 0.4) is 0 Å². The number of ether oxygens (including phenoxy) is 1. The molecule has 16 heavy (non-hydrogen) atoms. The summed E-state index contributed by atoms with van der Waals surface area (Å²) < 4.78 is 4.44. The highest BCUT2D eigenvalue weighted by molar-refractivity contribution is 5.81. The number of methoxy groups -OCH3 is 1. The highest BCUT2D eigenvalue weighted by Gasteiger charge is 2.06. The number of hydrogen-bond acceptors (Lipinski definition) is 4.